The molecule has 0 radical (unpaired) electrons. The molecule has 0 heterocycles. The highest BCUT2D eigenvalue weighted by atomic mass is 32.2. The number of unbranched alkanes of at least 4 members (excludes halogenated alkanes) is 2. The van der Waals surface area contributed by atoms with Crippen LogP contribution in [0.3, 0.4) is 0 Å². The lowest BCUT2D eigenvalue weighted by Gasteiger charge is -2.34. The van der Waals surface area contributed by atoms with E-state index in [4.69, 9.17) is 0 Å². The average Bonchev–Trinajstić information content (AvgIpc) is 3.20. The van der Waals surface area contributed by atoms with Crippen molar-refractivity contribution in [2.45, 2.75) is 61.9 Å². The van der Waals surface area contributed by atoms with Crippen molar-refractivity contribution in [3.05, 3.63) is 0 Å². The van der Waals surface area contributed by atoms with Gasteiger partial charge in [-0.2, -0.15) is 48.8 Å². The molecular formula is C18H32S4. The largest absolute Gasteiger partial charge is 0.179 e. The average molecular weight is 377 g/mol. The van der Waals surface area contributed by atoms with E-state index in [0.29, 0.717) is 0 Å². The van der Waals surface area contributed by atoms with Crippen molar-refractivity contribution >= 4 is 48.8 Å². The minimum atomic E-state index is 1.00. The minimum absolute atomic E-state index is 1.00. The van der Waals surface area contributed by atoms with Crippen molar-refractivity contribution < 1.29 is 0 Å². The van der Waals surface area contributed by atoms with Crippen LogP contribution in [0.2, 0.25) is 0 Å². The molecule has 2 bridgehead atoms. The van der Waals surface area contributed by atoms with E-state index < -0.39 is 0 Å². The highest BCUT2D eigenvalue weighted by Crippen LogP contribution is 2.63. The summed E-state index contributed by atoms with van der Waals surface area (Å²) in [4.78, 5) is 0. The molecule has 3 rings (SSSR count). The van der Waals surface area contributed by atoms with E-state index in [-0.39, 0.29) is 0 Å². The van der Waals surface area contributed by atoms with E-state index in [2.05, 4.69) is 48.8 Å². The van der Waals surface area contributed by atoms with Gasteiger partial charge in [-0.25, -0.2) is 0 Å². The van der Waals surface area contributed by atoms with Crippen molar-refractivity contribution in [2.24, 2.45) is 23.7 Å². The summed E-state index contributed by atoms with van der Waals surface area (Å²) in [6.45, 7) is 0. The number of thioether (sulfide) groups is 2. The zero-order valence-electron chi connectivity index (χ0n) is 13.7. The zero-order chi connectivity index (χ0) is 15.4. The molecule has 128 valence electrons. The third-order valence-electron chi connectivity index (χ3n) is 6.16. The lowest BCUT2D eigenvalue weighted by atomic mass is 9.81. The molecule has 6 atom stereocenters. The second-order valence-corrected chi connectivity index (χ2v) is 11.0. The number of hydrogen-bond donors (Lipinski definition) is 2. The van der Waals surface area contributed by atoms with Crippen LogP contribution in [0.1, 0.15) is 51.4 Å². The summed E-state index contributed by atoms with van der Waals surface area (Å²) in [7, 11) is 0. The molecule has 0 aromatic rings. The van der Waals surface area contributed by atoms with Gasteiger partial charge in [-0.05, 0) is 98.0 Å². The predicted octanol–water partition coefficient (Wildman–Crippen LogP) is 5.68. The van der Waals surface area contributed by atoms with Crippen LogP contribution in [0.4, 0.5) is 0 Å². The first-order valence-corrected chi connectivity index (χ1v) is 12.7. The predicted molar refractivity (Wildman–Crippen MR) is 111 cm³/mol. The van der Waals surface area contributed by atoms with Gasteiger partial charge in [0.15, 0.2) is 0 Å². The summed E-state index contributed by atoms with van der Waals surface area (Å²) in [5.74, 6) is 9.25. The molecule has 3 fully saturated rings. The van der Waals surface area contributed by atoms with Gasteiger partial charge in [-0.15, -0.1) is 0 Å². The number of thiol groups is 2. The third-order valence-corrected chi connectivity index (χ3v) is 9.79. The Hall–Kier alpha value is 1.40. The van der Waals surface area contributed by atoms with E-state index in [9.17, 15) is 0 Å². The summed E-state index contributed by atoms with van der Waals surface area (Å²) in [6.07, 6.45) is 11.5. The second-order valence-electron chi connectivity index (χ2n) is 7.39. The molecule has 0 saturated heterocycles. The summed E-state index contributed by atoms with van der Waals surface area (Å²) in [5, 5.41) is 2.01. The monoisotopic (exact) mass is 376 g/mol. The Balaban J connectivity index is 1.46. The van der Waals surface area contributed by atoms with Crippen LogP contribution in [0.25, 0.3) is 0 Å². The Morgan fingerprint density at radius 2 is 1.41 bits per heavy atom. The molecule has 0 spiro atoms. The highest BCUT2D eigenvalue weighted by molar-refractivity contribution is 8.00. The van der Waals surface area contributed by atoms with Crippen molar-refractivity contribution in [3.63, 3.8) is 0 Å². The minimum Gasteiger partial charge on any atom is -0.179 e. The topological polar surface area (TPSA) is 0 Å². The summed E-state index contributed by atoms with van der Waals surface area (Å²) in [5.41, 5.74) is 0. The third kappa shape index (κ3) is 4.14. The first-order chi connectivity index (χ1) is 10.8. The fourth-order valence-electron chi connectivity index (χ4n) is 5.27. The number of fused-ring (bicyclic) bond motifs is 5. The van der Waals surface area contributed by atoms with Crippen LogP contribution in [-0.2, 0) is 0 Å². The van der Waals surface area contributed by atoms with Crippen molar-refractivity contribution in [2.75, 3.05) is 23.0 Å². The van der Waals surface area contributed by atoms with E-state index in [1.54, 1.807) is 19.3 Å². The van der Waals surface area contributed by atoms with Gasteiger partial charge in [0.25, 0.3) is 0 Å². The van der Waals surface area contributed by atoms with Crippen molar-refractivity contribution in [1.82, 2.24) is 0 Å². The van der Waals surface area contributed by atoms with E-state index in [0.717, 1.165) is 45.7 Å². The van der Waals surface area contributed by atoms with Gasteiger partial charge < -0.3 is 0 Å². The van der Waals surface area contributed by atoms with Gasteiger partial charge >= 0.3 is 0 Å². The second kappa shape index (κ2) is 9.20. The molecule has 0 N–H and O–H groups in total. The highest BCUT2D eigenvalue weighted by Gasteiger charge is 2.57. The Bertz CT molecular complexity index is 335. The first kappa shape index (κ1) is 18.2. The molecular weight excluding hydrogens is 344 g/mol. The standard InChI is InChI=1S/C18H32S4/c19-7-1-3-9-21-16-6-5-14-13-11-15(18(14)16)17(12-13)22-10-4-2-8-20/h13-20H,1-12H2. The molecule has 22 heavy (non-hydrogen) atoms. The molecule has 0 aromatic heterocycles. The molecule has 3 aliphatic rings. The maximum absolute atomic E-state index is 4.34. The molecule has 0 nitrogen and oxygen atoms in total. The molecule has 6 unspecified atom stereocenters. The van der Waals surface area contributed by atoms with Crippen LogP contribution in [-0.4, -0.2) is 33.5 Å². The molecule has 3 saturated carbocycles. The summed E-state index contributed by atoms with van der Waals surface area (Å²) in [6, 6.07) is 0. The van der Waals surface area contributed by atoms with E-state index in [1.165, 1.54) is 43.6 Å². The van der Waals surface area contributed by atoms with Crippen LogP contribution in [0, 0.1) is 23.7 Å². The quantitative estimate of drug-likeness (QED) is 0.372. The van der Waals surface area contributed by atoms with Crippen molar-refractivity contribution in [3.8, 4) is 0 Å². The summed E-state index contributed by atoms with van der Waals surface area (Å²) < 4.78 is 0. The number of rotatable bonds is 10. The van der Waals surface area contributed by atoms with Crippen molar-refractivity contribution in [1.29, 1.82) is 0 Å². The first-order valence-electron chi connectivity index (χ1n) is 9.30. The van der Waals surface area contributed by atoms with Crippen LogP contribution in [0.15, 0.2) is 0 Å². The summed E-state index contributed by atoms with van der Waals surface area (Å²) >= 11 is 13.3. The van der Waals surface area contributed by atoms with Crippen LogP contribution >= 0.6 is 48.8 Å². The smallest absolute Gasteiger partial charge is 0.00813 e. The van der Waals surface area contributed by atoms with E-state index in [1.807, 2.05) is 0 Å². The molecule has 3 aliphatic carbocycles. The Labute approximate surface area is 156 Å². The Morgan fingerprint density at radius 1 is 0.727 bits per heavy atom. The van der Waals surface area contributed by atoms with E-state index >= 15 is 0 Å². The lowest BCUT2D eigenvalue weighted by Crippen LogP contribution is -2.31. The zero-order valence-corrected chi connectivity index (χ0v) is 17.1. The molecule has 4 heteroatoms. The van der Waals surface area contributed by atoms with Gasteiger partial charge in [-0.1, -0.05) is 0 Å². The van der Waals surface area contributed by atoms with Gasteiger partial charge in [0, 0.05) is 10.5 Å². The van der Waals surface area contributed by atoms with Gasteiger partial charge in [0.2, 0.25) is 0 Å². The Kier molecular flexibility index (Phi) is 7.61. The maximum Gasteiger partial charge on any atom is 0.00813 e. The van der Waals surface area contributed by atoms with Gasteiger partial charge in [0.1, 0.15) is 0 Å². The fraction of sp³-hybridized carbons (Fsp3) is 1.00. The Morgan fingerprint density at radius 3 is 2.09 bits per heavy atom. The molecule has 0 amide bonds. The van der Waals surface area contributed by atoms with Gasteiger partial charge in [-0.3, -0.25) is 0 Å². The van der Waals surface area contributed by atoms with Gasteiger partial charge in [0.05, 0.1) is 0 Å². The molecule has 0 aliphatic heterocycles. The van der Waals surface area contributed by atoms with Crippen LogP contribution in [0.5, 0.6) is 0 Å². The molecule has 0 aromatic carbocycles. The SMILES string of the molecule is SCCCCSC1CC2CC1C1C(SCCCCS)CCC21. The maximum atomic E-state index is 4.34. The number of hydrogen-bond acceptors (Lipinski definition) is 4. The fourth-order valence-corrected chi connectivity index (χ4v) is 8.92. The normalized spacial score (nSPS) is 39.5. The lowest BCUT2D eigenvalue weighted by molar-refractivity contribution is 0.270. The van der Waals surface area contributed by atoms with Crippen LogP contribution < -0.4 is 0 Å².